The average molecular weight is 181 g/mol. The summed E-state index contributed by atoms with van der Waals surface area (Å²) < 4.78 is 0. The molecule has 1 aliphatic rings. The molecule has 1 rings (SSSR count). The molecule has 2 unspecified atom stereocenters. The van der Waals surface area contributed by atoms with Crippen LogP contribution in [0.1, 0.15) is 53.9 Å². The van der Waals surface area contributed by atoms with Crippen LogP contribution in [-0.2, 0) is 0 Å². The van der Waals surface area contributed by atoms with E-state index in [0.717, 1.165) is 17.8 Å². The molecule has 0 heteroatoms. The minimum absolute atomic E-state index is 0.500. The van der Waals surface area contributed by atoms with Gasteiger partial charge in [0.05, 0.1) is 0 Å². The molecular formula is C13H25. The minimum atomic E-state index is 0.500. The molecule has 0 amide bonds. The van der Waals surface area contributed by atoms with Gasteiger partial charge in [-0.05, 0) is 42.4 Å². The van der Waals surface area contributed by atoms with E-state index < -0.39 is 0 Å². The van der Waals surface area contributed by atoms with Crippen LogP contribution in [0.15, 0.2) is 0 Å². The summed E-state index contributed by atoms with van der Waals surface area (Å²) in [6.45, 7) is 11.9. The van der Waals surface area contributed by atoms with Crippen LogP contribution in [0.4, 0.5) is 0 Å². The lowest BCUT2D eigenvalue weighted by Gasteiger charge is -2.41. The number of hydrogen-bond donors (Lipinski definition) is 0. The Morgan fingerprint density at radius 1 is 1.23 bits per heavy atom. The highest BCUT2D eigenvalue weighted by molar-refractivity contribution is 4.93. The Morgan fingerprint density at radius 2 is 1.85 bits per heavy atom. The maximum atomic E-state index is 2.58. The zero-order valence-electron chi connectivity index (χ0n) is 9.93. The summed E-state index contributed by atoms with van der Waals surface area (Å²) >= 11 is 0. The van der Waals surface area contributed by atoms with Gasteiger partial charge in [0.2, 0.25) is 0 Å². The van der Waals surface area contributed by atoms with Crippen molar-refractivity contribution in [2.45, 2.75) is 53.9 Å². The molecule has 77 valence electrons. The molecule has 0 aromatic rings. The van der Waals surface area contributed by atoms with Crippen molar-refractivity contribution in [1.29, 1.82) is 0 Å². The molecule has 0 aromatic heterocycles. The minimum Gasteiger partial charge on any atom is -0.0625 e. The van der Waals surface area contributed by atoms with Crippen LogP contribution >= 0.6 is 0 Å². The van der Waals surface area contributed by atoms with E-state index in [9.17, 15) is 0 Å². The molecule has 13 heavy (non-hydrogen) atoms. The first-order valence-corrected chi connectivity index (χ1v) is 5.78. The molecule has 0 N–H and O–H groups in total. The van der Waals surface area contributed by atoms with E-state index in [4.69, 9.17) is 0 Å². The zero-order valence-corrected chi connectivity index (χ0v) is 9.93. The van der Waals surface area contributed by atoms with Gasteiger partial charge in [0, 0.05) is 0 Å². The van der Waals surface area contributed by atoms with Crippen molar-refractivity contribution in [2.24, 2.45) is 23.2 Å². The van der Waals surface area contributed by atoms with Crippen LogP contribution in [-0.4, -0.2) is 0 Å². The smallest absolute Gasteiger partial charge is 0.0300 e. The van der Waals surface area contributed by atoms with E-state index in [0.29, 0.717) is 5.41 Å². The summed E-state index contributed by atoms with van der Waals surface area (Å²) in [6.07, 6.45) is 6.75. The standard InChI is InChI=1S/C13H25/c1-10(2)13(4,5)12-8-6-11(3)7-9-12/h8,10-12H,6-7,9H2,1-5H3. The van der Waals surface area contributed by atoms with Gasteiger partial charge in [0.15, 0.2) is 0 Å². The summed E-state index contributed by atoms with van der Waals surface area (Å²) in [4.78, 5) is 0. The topological polar surface area (TPSA) is 0 Å². The highest BCUT2D eigenvalue weighted by atomic mass is 14.4. The van der Waals surface area contributed by atoms with Gasteiger partial charge in [0.25, 0.3) is 0 Å². The Kier molecular flexibility index (Phi) is 3.43. The van der Waals surface area contributed by atoms with Gasteiger partial charge in [-0.15, -0.1) is 0 Å². The van der Waals surface area contributed by atoms with Gasteiger partial charge < -0.3 is 0 Å². The molecule has 1 radical (unpaired) electrons. The van der Waals surface area contributed by atoms with Crippen LogP contribution in [0.25, 0.3) is 0 Å². The van der Waals surface area contributed by atoms with E-state index >= 15 is 0 Å². The molecule has 1 fully saturated rings. The van der Waals surface area contributed by atoms with Gasteiger partial charge in [-0.1, -0.05) is 41.0 Å². The third-order valence-electron chi connectivity index (χ3n) is 4.24. The first kappa shape index (κ1) is 11.1. The van der Waals surface area contributed by atoms with E-state index in [1.807, 2.05) is 0 Å². The van der Waals surface area contributed by atoms with E-state index in [2.05, 4.69) is 41.0 Å². The van der Waals surface area contributed by atoms with E-state index in [1.165, 1.54) is 19.3 Å². The third-order valence-corrected chi connectivity index (χ3v) is 4.24. The summed E-state index contributed by atoms with van der Waals surface area (Å²) in [6, 6.07) is 0. The first-order chi connectivity index (χ1) is 5.94. The lowest BCUT2D eigenvalue weighted by molar-refractivity contribution is 0.126. The number of hydrogen-bond acceptors (Lipinski definition) is 0. The van der Waals surface area contributed by atoms with Crippen molar-refractivity contribution < 1.29 is 0 Å². The quantitative estimate of drug-likeness (QED) is 0.595. The molecule has 0 aliphatic heterocycles. The fourth-order valence-corrected chi connectivity index (χ4v) is 2.20. The van der Waals surface area contributed by atoms with Crippen molar-refractivity contribution in [2.75, 3.05) is 0 Å². The largest absolute Gasteiger partial charge is 0.0625 e. The summed E-state index contributed by atoms with van der Waals surface area (Å²) in [5, 5.41) is 0. The maximum Gasteiger partial charge on any atom is -0.0300 e. The van der Waals surface area contributed by atoms with Gasteiger partial charge in [-0.25, -0.2) is 0 Å². The lowest BCUT2D eigenvalue weighted by Crippen LogP contribution is -2.32. The van der Waals surface area contributed by atoms with Gasteiger partial charge in [-0.3, -0.25) is 0 Å². The highest BCUT2D eigenvalue weighted by Crippen LogP contribution is 2.43. The van der Waals surface area contributed by atoms with Gasteiger partial charge >= 0.3 is 0 Å². The molecular weight excluding hydrogens is 156 g/mol. The van der Waals surface area contributed by atoms with E-state index in [-0.39, 0.29) is 0 Å². The predicted octanol–water partition coefficient (Wildman–Crippen LogP) is 4.31. The van der Waals surface area contributed by atoms with Crippen molar-refractivity contribution in [3.63, 3.8) is 0 Å². The zero-order chi connectivity index (χ0) is 10.1. The Bertz CT molecular complexity index is 147. The van der Waals surface area contributed by atoms with Gasteiger partial charge in [0.1, 0.15) is 0 Å². The molecule has 0 saturated heterocycles. The van der Waals surface area contributed by atoms with E-state index in [1.54, 1.807) is 0 Å². The molecule has 2 atom stereocenters. The highest BCUT2D eigenvalue weighted by Gasteiger charge is 2.34. The SMILES string of the molecule is CC1C[CH]C(C(C)(C)C(C)C)CC1. The van der Waals surface area contributed by atoms with Crippen LogP contribution in [0, 0.1) is 29.6 Å². The summed E-state index contributed by atoms with van der Waals surface area (Å²) in [5.41, 5.74) is 0.500. The molecule has 1 aliphatic carbocycles. The molecule has 0 heterocycles. The van der Waals surface area contributed by atoms with Gasteiger partial charge in [-0.2, -0.15) is 0 Å². The maximum absolute atomic E-state index is 2.58. The third kappa shape index (κ3) is 2.48. The fraction of sp³-hybridized carbons (Fsp3) is 0.923. The van der Waals surface area contributed by atoms with Crippen LogP contribution in [0.2, 0.25) is 0 Å². The second kappa shape index (κ2) is 4.02. The second-order valence-corrected chi connectivity index (χ2v) is 5.74. The Hall–Kier alpha value is 0. The molecule has 0 bridgehead atoms. The van der Waals surface area contributed by atoms with Crippen LogP contribution in [0.3, 0.4) is 0 Å². The first-order valence-electron chi connectivity index (χ1n) is 5.78. The molecule has 0 nitrogen and oxygen atoms in total. The Labute approximate surface area is 84.1 Å². The molecule has 1 saturated carbocycles. The van der Waals surface area contributed by atoms with Crippen molar-refractivity contribution in [3.05, 3.63) is 6.42 Å². The predicted molar refractivity (Wildman–Crippen MR) is 59.4 cm³/mol. The summed E-state index contributed by atoms with van der Waals surface area (Å²) in [7, 11) is 0. The monoisotopic (exact) mass is 181 g/mol. The normalized spacial score (nSPS) is 30.9. The molecule has 0 spiro atoms. The van der Waals surface area contributed by atoms with Crippen molar-refractivity contribution >= 4 is 0 Å². The van der Waals surface area contributed by atoms with Crippen molar-refractivity contribution in [1.82, 2.24) is 0 Å². The van der Waals surface area contributed by atoms with Crippen LogP contribution in [0.5, 0.6) is 0 Å². The average Bonchev–Trinajstić information content (AvgIpc) is 2.04. The molecule has 0 aromatic carbocycles. The number of rotatable bonds is 2. The van der Waals surface area contributed by atoms with Crippen molar-refractivity contribution in [3.8, 4) is 0 Å². The Balaban J connectivity index is 2.52. The van der Waals surface area contributed by atoms with Crippen LogP contribution < -0.4 is 0 Å². The summed E-state index contributed by atoms with van der Waals surface area (Å²) in [5.74, 6) is 2.57. The second-order valence-electron chi connectivity index (χ2n) is 5.74. The lowest BCUT2D eigenvalue weighted by atomic mass is 9.64. The Morgan fingerprint density at radius 3 is 2.23 bits per heavy atom. The fourth-order valence-electron chi connectivity index (χ4n) is 2.20.